The predicted octanol–water partition coefficient (Wildman–Crippen LogP) is 2.67. The summed E-state index contributed by atoms with van der Waals surface area (Å²) in [5, 5.41) is 12.6. The van der Waals surface area contributed by atoms with Crippen molar-refractivity contribution in [3.8, 4) is 5.75 Å². The Balaban J connectivity index is 1.82. The molecule has 1 saturated carbocycles. The zero-order valence-electron chi connectivity index (χ0n) is 11.2. The molecule has 0 radical (unpaired) electrons. The normalized spacial score (nSPS) is 16.2. The number of hydrogen-bond acceptors (Lipinski definition) is 3. The summed E-state index contributed by atoms with van der Waals surface area (Å²) in [4.78, 5) is 11.9. The molecule has 1 aliphatic rings. The van der Waals surface area contributed by atoms with Gasteiger partial charge in [-0.05, 0) is 24.5 Å². The molecule has 0 saturated heterocycles. The maximum absolute atomic E-state index is 11.9. The summed E-state index contributed by atoms with van der Waals surface area (Å²) < 4.78 is 0. The number of amides is 1. The molecule has 19 heavy (non-hydrogen) atoms. The number of carbonyl (C=O) groups excluding carboxylic acids is 1. The van der Waals surface area contributed by atoms with Crippen LogP contribution in [0.3, 0.4) is 0 Å². The third-order valence-electron chi connectivity index (χ3n) is 3.87. The molecular weight excluding hydrogens is 240 g/mol. The number of phenolic OH excluding ortho intramolecular Hbond substituents is 1. The third kappa shape index (κ3) is 3.63. The summed E-state index contributed by atoms with van der Waals surface area (Å²) >= 11 is 0. The number of para-hydroxylation sites is 1. The highest BCUT2D eigenvalue weighted by atomic mass is 16.3. The van der Waals surface area contributed by atoms with E-state index < -0.39 is 0 Å². The minimum Gasteiger partial charge on any atom is -0.505 e. The minimum atomic E-state index is -0.249. The van der Waals surface area contributed by atoms with Gasteiger partial charge >= 0.3 is 0 Å². The highest BCUT2D eigenvalue weighted by molar-refractivity contribution is 5.98. The molecule has 0 atom stereocenters. The molecule has 1 aliphatic carbocycles. The van der Waals surface area contributed by atoms with Crippen molar-refractivity contribution in [1.29, 1.82) is 0 Å². The Bertz CT molecular complexity index is 440. The number of nitrogen functional groups attached to an aromatic ring is 1. The Labute approximate surface area is 114 Å². The molecule has 0 aromatic heterocycles. The van der Waals surface area contributed by atoms with Crippen LogP contribution in [-0.4, -0.2) is 17.6 Å². The minimum absolute atomic E-state index is 0.127. The number of anilines is 1. The van der Waals surface area contributed by atoms with E-state index in [1.165, 1.54) is 32.1 Å². The topological polar surface area (TPSA) is 75.4 Å². The molecule has 1 aromatic rings. The molecule has 4 N–H and O–H groups in total. The second-order valence-electron chi connectivity index (χ2n) is 5.29. The molecule has 2 rings (SSSR count). The molecule has 0 aliphatic heterocycles. The van der Waals surface area contributed by atoms with Crippen molar-refractivity contribution in [3.63, 3.8) is 0 Å². The van der Waals surface area contributed by atoms with Gasteiger partial charge in [-0.25, -0.2) is 0 Å². The van der Waals surface area contributed by atoms with Crippen LogP contribution in [0, 0.1) is 5.92 Å². The van der Waals surface area contributed by atoms with Crippen LogP contribution in [-0.2, 0) is 0 Å². The summed E-state index contributed by atoms with van der Waals surface area (Å²) in [5.74, 6) is 0.363. The molecule has 1 amide bonds. The monoisotopic (exact) mass is 262 g/mol. The van der Waals surface area contributed by atoms with Crippen LogP contribution in [0.15, 0.2) is 18.2 Å². The Morgan fingerprint density at radius 1 is 1.32 bits per heavy atom. The Kier molecular flexibility index (Phi) is 4.66. The van der Waals surface area contributed by atoms with Crippen molar-refractivity contribution in [2.24, 2.45) is 5.92 Å². The van der Waals surface area contributed by atoms with Crippen molar-refractivity contribution < 1.29 is 9.90 Å². The number of hydrogen-bond donors (Lipinski definition) is 3. The summed E-state index contributed by atoms with van der Waals surface area (Å²) in [6.07, 6.45) is 7.55. The first kappa shape index (κ1) is 13.7. The van der Waals surface area contributed by atoms with E-state index in [-0.39, 0.29) is 22.9 Å². The average Bonchev–Trinajstić information content (AvgIpc) is 2.43. The first-order chi connectivity index (χ1) is 9.18. The van der Waals surface area contributed by atoms with Crippen molar-refractivity contribution in [2.75, 3.05) is 12.3 Å². The lowest BCUT2D eigenvalue weighted by Gasteiger charge is -2.21. The number of aromatic hydroxyl groups is 1. The van der Waals surface area contributed by atoms with Gasteiger partial charge in [0.25, 0.3) is 5.91 Å². The van der Waals surface area contributed by atoms with Gasteiger partial charge in [0.2, 0.25) is 0 Å². The van der Waals surface area contributed by atoms with E-state index in [4.69, 9.17) is 5.73 Å². The van der Waals surface area contributed by atoms with Gasteiger partial charge in [0, 0.05) is 6.54 Å². The molecule has 104 valence electrons. The lowest BCUT2D eigenvalue weighted by Crippen LogP contribution is -2.26. The highest BCUT2D eigenvalue weighted by Crippen LogP contribution is 2.26. The van der Waals surface area contributed by atoms with Gasteiger partial charge in [-0.2, -0.15) is 0 Å². The molecule has 4 nitrogen and oxygen atoms in total. The molecule has 1 fully saturated rings. The van der Waals surface area contributed by atoms with Crippen LogP contribution in [0.5, 0.6) is 5.75 Å². The summed E-state index contributed by atoms with van der Waals surface area (Å²) in [6.45, 7) is 0.664. The number of nitrogens with one attached hydrogen (secondary N) is 1. The van der Waals surface area contributed by atoms with Gasteiger partial charge in [-0.3, -0.25) is 4.79 Å². The lowest BCUT2D eigenvalue weighted by atomic mass is 9.87. The predicted molar refractivity (Wildman–Crippen MR) is 76.0 cm³/mol. The van der Waals surface area contributed by atoms with Crippen LogP contribution in [0.2, 0.25) is 0 Å². The zero-order valence-corrected chi connectivity index (χ0v) is 11.2. The second kappa shape index (κ2) is 6.45. The fourth-order valence-electron chi connectivity index (χ4n) is 2.71. The van der Waals surface area contributed by atoms with Gasteiger partial charge < -0.3 is 16.2 Å². The lowest BCUT2D eigenvalue weighted by molar-refractivity contribution is 0.0948. The molecule has 1 aromatic carbocycles. The SMILES string of the molecule is Nc1cccc(C(=O)NCCC2CCCCC2)c1O. The maximum atomic E-state index is 11.9. The van der Waals surface area contributed by atoms with E-state index in [0.29, 0.717) is 6.54 Å². The number of phenols is 1. The zero-order chi connectivity index (χ0) is 13.7. The molecule has 4 heteroatoms. The fourth-order valence-corrected chi connectivity index (χ4v) is 2.71. The average molecular weight is 262 g/mol. The van der Waals surface area contributed by atoms with Gasteiger partial charge in [-0.15, -0.1) is 0 Å². The fraction of sp³-hybridized carbons (Fsp3) is 0.533. The summed E-state index contributed by atoms with van der Waals surface area (Å²) in [5.41, 5.74) is 6.06. The molecule has 0 spiro atoms. The molecular formula is C15H22N2O2. The van der Waals surface area contributed by atoms with Crippen molar-refractivity contribution in [3.05, 3.63) is 23.8 Å². The van der Waals surface area contributed by atoms with E-state index in [9.17, 15) is 9.90 Å². The highest BCUT2D eigenvalue weighted by Gasteiger charge is 2.15. The maximum Gasteiger partial charge on any atom is 0.255 e. The standard InChI is InChI=1S/C15H22N2O2/c16-13-8-4-7-12(14(13)18)15(19)17-10-9-11-5-2-1-3-6-11/h4,7-8,11,18H,1-3,5-6,9-10,16H2,(H,17,19). The van der Waals surface area contributed by atoms with Crippen molar-refractivity contribution in [2.45, 2.75) is 38.5 Å². The smallest absolute Gasteiger partial charge is 0.255 e. The largest absolute Gasteiger partial charge is 0.505 e. The Morgan fingerprint density at radius 3 is 2.79 bits per heavy atom. The van der Waals surface area contributed by atoms with Crippen molar-refractivity contribution >= 4 is 11.6 Å². The number of benzene rings is 1. The van der Waals surface area contributed by atoms with E-state index >= 15 is 0 Å². The van der Waals surface area contributed by atoms with Crippen LogP contribution in [0.25, 0.3) is 0 Å². The van der Waals surface area contributed by atoms with Crippen molar-refractivity contribution in [1.82, 2.24) is 5.32 Å². The Morgan fingerprint density at radius 2 is 2.05 bits per heavy atom. The van der Waals surface area contributed by atoms with Crippen LogP contribution in [0.4, 0.5) is 5.69 Å². The van der Waals surface area contributed by atoms with E-state index in [2.05, 4.69) is 5.32 Å². The Hall–Kier alpha value is -1.71. The van der Waals surface area contributed by atoms with Crippen LogP contribution >= 0.6 is 0 Å². The van der Waals surface area contributed by atoms with E-state index in [0.717, 1.165) is 12.3 Å². The molecule has 0 heterocycles. The first-order valence-corrected chi connectivity index (χ1v) is 7.04. The second-order valence-corrected chi connectivity index (χ2v) is 5.29. The van der Waals surface area contributed by atoms with Crippen LogP contribution in [0.1, 0.15) is 48.9 Å². The summed E-state index contributed by atoms with van der Waals surface area (Å²) in [6, 6.07) is 4.83. The number of carbonyl (C=O) groups is 1. The quantitative estimate of drug-likeness (QED) is 0.577. The van der Waals surface area contributed by atoms with E-state index in [1.807, 2.05) is 0 Å². The summed E-state index contributed by atoms with van der Waals surface area (Å²) in [7, 11) is 0. The molecule has 0 unspecified atom stereocenters. The van der Waals surface area contributed by atoms with E-state index in [1.54, 1.807) is 18.2 Å². The number of nitrogens with two attached hydrogens (primary N) is 1. The van der Waals surface area contributed by atoms with Gasteiger partial charge in [0.05, 0.1) is 11.3 Å². The van der Waals surface area contributed by atoms with Gasteiger partial charge in [-0.1, -0.05) is 38.2 Å². The third-order valence-corrected chi connectivity index (χ3v) is 3.87. The van der Waals surface area contributed by atoms with Gasteiger partial charge in [0.1, 0.15) is 0 Å². The first-order valence-electron chi connectivity index (χ1n) is 7.04. The number of rotatable bonds is 4. The molecule has 0 bridgehead atoms. The van der Waals surface area contributed by atoms with Crippen LogP contribution < -0.4 is 11.1 Å². The van der Waals surface area contributed by atoms with Gasteiger partial charge in [0.15, 0.2) is 5.75 Å².